The van der Waals surface area contributed by atoms with Gasteiger partial charge in [-0.3, -0.25) is 9.59 Å². The lowest BCUT2D eigenvalue weighted by Crippen LogP contribution is -2.48. The van der Waals surface area contributed by atoms with E-state index in [2.05, 4.69) is 14.9 Å². The Balaban J connectivity index is 2.13. The fraction of sp³-hybridized carbons (Fsp3) is 0.733. The van der Waals surface area contributed by atoms with Gasteiger partial charge in [-0.1, -0.05) is 37.6 Å². The number of ketones is 1. The van der Waals surface area contributed by atoms with E-state index in [1.54, 1.807) is 6.92 Å². The van der Waals surface area contributed by atoms with Crippen LogP contribution in [-0.2, 0) is 4.79 Å². The van der Waals surface area contributed by atoms with Crippen molar-refractivity contribution in [3.8, 4) is 0 Å². The number of rotatable bonds is 5. The number of Topliss-reactive ketones (excluding diaryl/α,β-unsaturated/α-hetero) is 1. The largest absolute Gasteiger partial charge is 0.341 e. The van der Waals surface area contributed by atoms with Crippen LogP contribution >= 0.6 is 11.5 Å². The van der Waals surface area contributed by atoms with Crippen molar-refractivity contribution >= 4 is 23.2 Å². The van der Waals surface area contributed by atoms with Crippen molar-refractivity contribution in [2.24, 2.45) is 11.8 Å². The van der Waals surface area contributed by atoms with Crippen LogP contribution in [0, 0.1) is 18.8 Å². The molecular weight excluding hydrogens is 286 g/mol. The fourth-order valence-corrected chi connectivity index (χ4v) is 3.45. The van der Waals surface area contributed by atoms with Crippen molar-refractivity contribution in [3.63, 3.8) is 0 Å². The maximum absolute atomic E-state index is 12.5. The average Bonchev–Trinajstić information content (AvgIpc) is 2.91. The molecule has 1 fully saturated rings. The molecule has 1 aromatic heterocycles. The second kappa shape index (κ2) is 7.11. The topological polar surface area (TPSA) is 72.0 Å². The summed E-state index contributed by atoms with van der Waals surface area (Å²) < 4.78 is 3.79. The van der Waals surface area contributed by atoms with Crippen LogP contribution < -0.4 is 5.32 Å². The smallest absolute Gasteiger partial charge is 0.265 e. The Morgan fingerprint density at radius 1 is 1.24 bits per heavy atom. The zero-order valence-electron chi connectivity index (χ0n) is 12.9. The van der Waals surface area contributed by atoms with Gasteiger partial charge >= 0.3 is 0 Å². The van der Waals surface area contributed by atoms with E-state index in [-0.39, 0.29) is 29.6 Å². The summed E-state index contributed by atoms with van der Waals surface area (Å²) >= 11 is 1.08. The van der Waals surface area contributed by atoms with Crippen LogP contribution in [0.2, 0.25) is 0 Å². The van der Waals surface area contributed by atoms with E-state index in [4.69, 9.17) is 0 Å². The molecule has 1 amide bonds. The highest BCUT2D eigenvalue weighted by Crippen LogP contribution is 2.28. The van der Waals surface area contributed by atoms with Crippen LogP contribution in [0.3, 0.4) is 0 Å². The molecule has 1 aromatic rings. The Morgan fingerprint density at radius 3 is 2.43 bits per heavy atom. The number of carbonyl (C=O) groups is 2. The summed E-state index contributed by atoms with van der Waals surface area (Å²) in [7, 11) is 0. The Bertz CT molecular complexity index is 507. The Kier molecular flexibility index (Phi) is 5.45. The molecule has 0 radical (unpaired) electrons. The molecule has 1 N–H and O–H groups in total. The van der Waals surface area contributed by atoms with E-state index in [1.165, 1.54) is 6.42 Å². The summed E-state index contributed by atoms with van der Waals surface area (Å²) in [5.41, 5.74) is 0.622. The van der Waals surface area contributed by atoms with Crippen LogP contribution in [0.1, 0.15) is 61.3 Å². The van der Waals surface area contributed by atoms with Crippen molar-refractivity contribution in [2.45, 2.75) is 58.9 Å². The first-order chi connectivity index (χ1) is 10.0. The van der Waals surface area contributed by atoms with Crippen molar-refractivity contribution in [3.05, 3.63) is 10.6 Å². The maximum Gasteiger partial charge on any atom is 0.265 e. The number of carbonyl (C=O) groups excluding carboxylic acids is 2. The Hall–Kier alpha value is -1.30. The average molecular weight is 309 g/mol. The SMILES string of the molecule is Cc1nnsc1C(=O)NC(C(=O)C(C)C)C1CCCCC1. The van der Waals surface area contributed by atoms with E-state index in [0.29, 0.717) is 10.6 Å². The van der Waals surface area contributed by atoms with Gasteiger partial charge in [0.25, 0.3) is 5.91 Å². The first-order valence-electron chi connectivity index (χ1n) is 7.64. The number of amides is 1. The third-order valence-corrected chi connectivity index (χ3v) is 4.97. The van der Waals surface area contributed by atoms with Gasteiger partial charge in [0.1, 0.15) is 4.88 Å². The van der Waals surface area contributed by atoms with Crippen LogP contribution in [0.5, 0.6) is 0 Å². The highest BCUT2D eigenvalue weighted by molar-refractivity contribution is 7.08. The van der Waals surface area contributed by atoms with Gasteiger partial charge in [-0.05, 0) is 37.2 Å². The molecule has 2 rings (SSSR count). The zero-order chi connectivity index (χ0) is 15.4. The van der Waals surface area contributed by atoms with Crippen molar-refractivity contribution in [1.82, 2.24) is 14.9 Å². The molecule has 1 heterocycles. The standard InChI is InChI=1S/C15H23N3O2S/c1-9(2)13(19)12(11-7-5-4-6-8-11)16-15(20)14-10(3)17-18-21-14/h9,11-12H,4-8H2,1-3H3,(H,16,20). The molecular formula is C15H23N3O2S. The van der Waals surface area contributed by atoms with Crippen molar-refractivity contribution < 1.29 is 9.59 Å². The first-order valence-corrected chi connectivity index (χ1v) is 8.41. The number of hydrogen-bond acceptors (Lipinski definition) is 5. The minimum Gasteiger partial charge on any atom is -0.341 e. The summed E-state index contributed by atoms with van der Waals surface area (Å²) in [6.45, 7) is 5.55. The van der Waals surface area contributed by atoms with Gasteiger partial charge in [0.15, 0.2) is 5.78 Å². The Morgan fingerprint density at radius 2 is 1.90 bits per heavy atom. The molecule has 5 nitrogen and oxygen atoms in total. The molecule has 1 atom stereocenters. The van der Waals surface area contributed by atoms with Crippen LogP contribution in [0.25, 0.3) is 0 Å². The molecule has 0 saturated heterocycles. The third-order valence-electron chi connectivity index (χ3n) is 4.14. The Labute approximate surface area is 129 Å². The molecule has 0 aliphatic heterocycles. The minimum absolute atomic E-state index is 0.0714. The van der Waals surface area contributed by atoms with Crippen LogP contribution in [0.15, 0.2) is 0 Å². The summed E-state index contributed by atoms with van der Waals surface area (Å²) in [4.78, 5) is 25.4. The molecule has 1 aliphatic rings. The molecule has 0 spiro atoms. The lowest BCUT2D eigenvalue weighted by Gasteiger charge is -2.30. The van der Waals surface area contributed by atoms with Crippen LogP contribution in [-0.4, -0.2) is 27.3 Å². The second-order valence-corrected chi connectivity index (χ2v) is 6.85. The molecule has 116 valence electrons. The number of hydrogen-bond donors (Lipinski definition) is 1. The van der Waals surface area contributed by atoms with E-state index < -0.39 is 0 Å². The van der Waals surface area contributed by atoms with Crippen LogP contribution in [0.4, 0.5) is 0 Å². The monoisotopic (exact) mass is 309 g/mol. The van der Waals surface area contributed by atoms with Gasteiger partial charge in [-0.2, -0.15) is 0 Å². The van der Waals surface area contributed by atoms with Gasteiger partial charge in [0.2, 0.25) is 0 Å². The fourth-order valence-electron chi connectivity index (χ4n) is 2.89. The van der Waals surface area contributed by atoms with Gasteiger partial charge in [-0.15, -0.1) is 5.10 Å². The molecule has 1 unspecified atom stereocenters. The van der Waals surface area contributed by atoms with Gasteiger partial charge in [0.05, 0.1) is 11.7 Å². The summed E-state index contributed by atoms with van der Waals surface area (Å²) in [5, 5.41) is 6.81. The highest BCUT2D eigenvalue weighted by Gasteiger charge is 2.32. The van der Waals surface area contributed by atoms with E-state index in [1.807, 2.05) is 13.8 Å². The van der Waals surface area contributed by atoms with Crippen molar-refractivity contribution in [1.29, 1.82) is 0 Å². The zero-order valence-corrected chi connectivity index (χ0v) is 13.7. The molecule has 1 aliphatic carbocycles. The van der Waals surface area contributed by atoms with Gasteiger partial charge in [0, 0.05) is 5.92 Å². The lowest BCUT2D eigenvalue weighted by atomic mass is 9.80. The summed E-state index contributed by atoms with van der Waals surface area (Å²) in [6.07, 6.45) is 5.55. The second-order valence-electron chi connectivity index (χ2n) is 6.09. The number of aromatic nitrogens is 2. The summed E-state index contributed by atoms with van der Waals surface area (Å²) in [5.74, 6) is 0.106. The predicted molar refractivity (Wildman–Crippen MR) is 82.3 cm³/mol. The van der Waals surface area contributed by atoms with E-state index in [0.717, 1.165) is 37.2 Å². The molecule has 0 aromatic carbocycles. The van der Waals surface area contributed by atoms with E-state index >= 15 is 0 Å². The molecule has 6 heteroatoms. The third kappa shape index (κ3) is 3.87. The number of nitrogens with zero attached hydrogens (tertiary/aromatic N) is 2. The molecule has 1 saturated carbocycles. The van der Waals surface area contributed by atoms with Crippen molar-refractivity contribution in [2.75, 3.05) is 0 Å². The normalized spacial score (nSPS) is 17.7. The van der Waals surface area contributed by atoms with Gasteiger partial charge in [-0.25, -0.2) is 0 Å². The minimum atomic E-state index is -0.376. The predicted octanol–water partition coefficient (Wildman–Crippen LogP) is 2.75. The number of aryl methyl sites for hydroxylation is 1. The van der Waals surface area contributed by atoms with E-state index in [9.17, 15) is 9.59 Å². The highest BCUT2D eigenvalue weighted by atomic mass is 32.1. The van der Waals surface area contributed by atoms with Gasteiger partial charge < -0.3 is 5.32 Å². The maximum atomic E-state index is 12.5. The summed E-state index contributed by atoms with van der Waals surface area (Å²) in [6, 6.07) is -0.376. The lowest BCUT2D eigenvalue weighted by molar-refractivity contribution is -0.125. The number of nitrogens with one attached hydrogen (secondary N) is 1. The molecule has 0 bridgehead atoms. The molecule has 21 heavy (non-hydrogen) atoms. The quantitative estimate of drug-likeness (QED) is 0.907. The first kappa shape index (κ1) is 16.1.